The molecule has 0 aliphatic carbocycles. The Morgan fingerprint density at radius 3 is 2.57 bits per heavy atom. The van der Waals surface area contributed by atoms with Crippen molar-refractivity contribution >= 4 is 23.6 Å². The third kappa shape index (κ3) is 4.12. The van der Waals surface area contributed by atoms with Crippen molar-refractivity contribution in [2.45, 2.75) is 33.2 Å². The van der Waals surface area contributed by atoms with E-state index in [-0.39, 0.29) is 11.7 Å². The molecule has 0 fully saturated rings. The van der Waals surface area contributed by atoms with Crippen LogP contribution in [-0.2, 0) is 10.3 Å². The summed E-state index contributed by atoms with van der Waals surface area (Å²) >= 11 is 6.41. The van der Waals surface area contributed by atoms with E-state index >= 15 is 0 Å². The van der Waals surface area contributed by atoms with Crippen molar-refractivity contribution in [1.82, 2.24) is 25.2 Å². The molecule has 0 radical (unpaired) electrons. The van der Waals surface area contributed by atoms with Crippen molar-refractivity contribution in [3.8, 4) is 5.69 Å². The molecule has 0 bridgehead atoms. The Kier molecular flexibility index (Phi) is 5.33. The molecule has 1 amide bonds. The molecule has 3 rings (SSSR count). The zero-order valence-corrected chi connectivity index (χ0v) is 16.6. The van der Waals surface area contributed by atoms with Gasteiger partial charge in [-0.25, -0.2) is 9.07 Å². The number of nitrogens with zero attached hydrogens (tertiary/aromatic N) is 4. The van der Waals surface area contributed by atoms with Gasteiger partial charge in [0.05, 0.1) is 16.9 Å². The van der Waals surface area contributed by atoms with Crippen molar-refractivity contribution < 1.29 is 13.7 Å². The first-order chi connectivity index (χ1) is 13.2. The summed E-state index contributed by atoms with van der Waals surface area (Å²) in [5.41, 5.74) is 1.03. The van der Waals surface area contributed by atoms with Crippen molar-refractivity contribution in [2.24, 2.45) is 0 Å². The summed E-state index contributed by atoms with van der Waals surface area (Å²) in [5.74, 6) is 0.103. The number of benzene rings is 1. The van der Waals surface area contributed by atoms with Crippen molar-refractivity contribution in [3.05, 3.63) is 64.3 Å². The second-order valence-corrected chi connectivity index (χ2v) is 7.12. The van der Waals surface area contributed by atoms with Crippen LogP contribution in [0.15, 0.2) is 34.9 Å². The normalized spacial score (nSPS) is 11.9. The summed E-state index contributed by atoms with van der Waals surface area (Å²) in [4.78, 5) is 16.5. The molecule has 3 aromatic rings. The number of amides is 1. The highest BCUT2D eigenvalue weighted by Crippen LogP contribution is 2.25. The lowest BCUT2D eigenvalue weighted by molar-refractivity contribution is -0.118. The van der Waals surface area contributed by atoms with Gasteiger partial charge in [-0.05, 0) is 51.1 Å². The van der Waals surface area contributed by atoms with Crippen LogP contribution in [0.1, 0.15) is 36.8 Å². The quantitative estimate of drug-likeness (QED) is 0.656. The molecule has 1 aromatic carbocycles. The molecule has 0 saturated carbocycles. The van der Waals surface area contributed by atoms with Crippen LogP contribution in [0.3, 0.4) is 0 Å². The summed E-state index contributed by atoms with van der Waals surface area (Å²) in [6, 6.07) is 5.80. The molecule has 2 aromatic heterocycles. The molecular formula is C19H19ClFN5O2. The lowest BCUT2D eigenvalue weighted by atomic mass is 10.0. The average molecular weight is 404 g/mol. The molecule has 0 aliphatic heterocycles. The van der Waals surface area contributed by atoms with Crippen LogP contribution in [0, 0.1) is 19.7 Å². The maximum absolute atomic E-state index is 13.1. The smallest absolute Gasteiger partial charge is 0.244 e. The van der Waals surface area contributed by atoms with Gasteiger partial charge < -0.3 is 9.84 Å². The second kappa shape index (κ2) is 7.55. The standard InChI is InChI=1S/C19H19ClFN5O2/c1-11-15(17(20)26(24-11)14-7-5-13(21)6-8-14)9-10-16(27)23-19(3,4)18-22-12(2)28-25-18/h5-10H,1-4H3,(H,23,27)/b10-9+. The Hall–Kier alpha value is -3.00. The Labute approximate surface area is 166 Å². The lowest BCUT2D eigenvalue weighted by Gasteiger charge is -2.21. The Morgan fingerprint density at radius 1 is 1.29 bits per heavy atom. The highest BCUT2D eigenvalue weighted by atomic mass is 35.5. The van der Waals surface area contributed by atoms with Gasteiger partial charge in [-0.15, -0.1) is 0 Å². The van der Waals surface area contributed by atoms with Crippen LogP contribution in [0.25, 0.3) is 11.8 Å². The molecule has 0 unspecified atom stereocenters. The van der Waals surface area contributed by atoms with E-state index in [0.29, 0.717) is 33.8 Å². The molecule has 0 spiro atoms. The van der Waals surface area contributed by atoms with Crippen LogP contribution < -0.4 is 5.32 Å². The van der Waals surface area contributed by atoms with E-state index in [4.69, 9.17) is 16.1 Å². The number of nitrogens with one attached hydrogen (secondary N) is 1. The SMILES string of the molecule is Cc1nc(C(C)(C)NC(=O)/C=C/c2c(C)nn(-c3ccc(F)cc3)c2Cl)no1. The number of rotatable bonds is 5. The van der Waals surface area contributed by atoms with Gasteiger partial charge in [0.15, 0.2) is 5.82 Å². The first-order valence-corrected chi connectivity index (χ1v) is 8.87. The molecule has 28 heavy (non-hydrogen) atoms. The van der Waals surface area contributed by atoms with Crippen molar-refractivity contribution in [2.75, 3.05) is 0 Å². The zero-order valence-electron chi connectivity index (χ0n) is 15.8. The second-order valence-electron chi connectivity index (χ2n) is 6.76. The summed E-state index contributed by atoms with van der Waals surface area (Å²) in [7, 11) is 0. The van der Waals surface area contributed by atoms with E-state index < -0.39 is 5.54 Å². The topological polar surface area (TPSA) is 85.8 Å². The Bertz CT molecular complexity index is 1040. The molecule has 0 atom stereocenters. The van der Waals surface area contributed by atoms with Gasteiger partial charge in [-0.1, -0.05) is 16.8 Å². The number of hydrogen-bond acceptors (Lipinski definition) is 5. The number of aromatic nitrogens is 4. The highest BCUT2D eigenvalue weighted by Gasteiger charge is 2.27. The van der Waals surface area contributed by atoms with Gasteiger partial charge in [-0.3, -0.25) is 4.79 Å². The van der Waals surface area contributed by atoms with Crippen molar-refractivity contribution in [1.29, 1.82) is 0 Å². The van der Waals surface area contributed by atoms with Gasteiger partial charge in [0.25, 0.3) is 0 Å². The molecule has 2 heterocycles. The Morgan fingerprint density at radius 2 is 1.96 bits per heavy atom. The van der Waals surface area contributed by atoms with E-state index in [0.717, 1.165) is 0 Å². The largest absolute Gasteiger partial charge is 0.340 e. The molecule has 7 nitrogen and oxygen atoms in total. The third-order valence-corrected chi connectivity index (χ3v) is 4.41. The fourth-order valence-electron chi connectivity index (χ4n) is 2.57. The first-order valence-electron chi connectivity index (χ1n) is 8.49. The van der Waals surface area contributed by atoms with E-state index in [1.54, 1.807) is 45.9 Å². The van der Waals surface area contributed by atoms with Crippen LogP contribution in [0.4, 0.5) is 4.39 Å². The minimum atomic E-state index is -0.809. The summed E-state index contributed by atoms with van der Waals surface area (Å²) in [6.07, 6.45) is 2.94. The van der Waals surface area contributed by atoms with Gasteiger partial charge in [0.2, 0.25) is 11.8 Å². The summed E-state index contributed by atoms with van der Waals surface area (Å²) < 4.78 is 19.6. The van der Waals surface area contributed by atoms with Crippen LogP contribution in [-0.4, -0.2) is 25.8 Å². The van der Waals surface area contributed by atoms with Crippen LogP contribution >= 0.6 is 11.6 Å². The van der Waals surface area contributed by atoms with Gasteiger partial charge in [0, 0.05) is 18.6 Å². The molecule has 146 valence electrons. The zero-order chi connectivity index (χ0) is 20.5. The molecule has 1 N–H and O–H groups in total. The summed E-state index contributed by atoms with van der Waals surface area (Å²) in [5, 5.41) is 11.3. The van der Waals surface area contributed by atoms with Gasteiger partial charge in [0.1, 0.15) is 11.0 Å². The number of carbonyl (C=O) groups excluding carboxylic acids is 1. The molecular weight excluding hydrogens is 385 g/mol. The monoisotopic (exact) mass is 403 g/mol. The fraction of sp³-hybridized carbons (Fsp3) is 0.263. The van der Waals surface area contributed by atoms with Gasteiger partial charge in [-0.2, -0.15) is 10.1 Å². The third-order valence-electron chi connectivity index (χ3n) is 4.04. The van der Waals surface area contributed by atoms with E-state index in [1.807, 2.05) is 0 Å². The number of halogens is 2. The Balaban J connectivity index is 1.78. The predicted octanol–water partition coefficient (Wildman–Crippen LogP) is 3.73. The van der Waals surface area contributed by atoms with Crippen molar-refractivity contribution in [3.63, 3.8) is 0 Å². The predicted molar refractivity (Wildman–Crippen MR) is 103 cm³/mol. The molecule has 0 aliphatic rings. The van der Waals surface area contributed by atoms with E-state index in [1.165, 1.54) is 22.9 Å². The molecule has 0 saturated heterocycles. The van der Waals surface area contributed by atoms with E-state index in [2.05, 4.69) is 20.6 Å². The first kappa shape index (κ1) is 19.8. The maximum atomic E-state index is 13.1. The minimum absolute atomic E-state index is 0.321. The fourth-order valence-corrected chi connectivity index (χ4v) is 2.91. The van der Waals surface area contributed by atoms with Crippen LogP contribution in [0.2, 0.25) is 5.15 Å². The maximum Gasteiger partial charge on any atom is 0.244 e. The number of aryl methyl sites for hydroxylation is 2. The van der Waals surface area contributed by atoms with Crippen LogP contribution in [0.5, 0.6) is 0 Å². The lowest BCUT2D eigenvalue weighted by Crippen LogP contribution is -2.41. The molecule has 9 heteroatoms. The number of carbonyl (C=O) groups is 1. The van der Waals surface area contributed by atoms with E-state index in [9.17, 15) is 9.18 Å². The summed E-state index contributed by atoms with van der Waals surface area (Å²) in [6.45, 7) is 7.00. The number of hydrogen-bond donors (Lipinski definition) is 1. The van der Waals surface area contributed by atoms with Gasteiger partial charge >= 0.3 is 0 Å². The highest BCUT2D eigenvalue weighted by molar-refractivity contribution is 6.31. The average Bonchev–Trinajstić information content (AvgIpc) is 3.18. The minimum Gasteiger partial charge on any atom is -0.340 e.